The molecule has 0 radical (unpaired) electrons. The van der Waals surface area contributed by atoms with Gasteiger partial charge in [0.15, 0.2) is 0 Å². The Morgan fingerprint density at radius 3 is 2.76 bits per heavy atom. The van der Waals surface area contributed by atoms with Gasteiger partial charge in [-0.3, -0.25) is 0 Å². The van der Waals surface area contributed by atoms with Gasteiger partial charge in [-0.25, -0.2) is 9.80 Å². The van der Waals surface area contributed by atoms with Crippen molar-refractivity contribution in [2.24, 2.45) is 5.10 Å². The number of carbonyl (C=O) groups excluding carboxylic acids is 1. The van der Waals surface area contributed by atoms with Crippen LogP contribution in [0.2, 0.25) is 5.02 Å². The van der Waals surface area contributed by atoms with E-state index in [1.54, 1.807) is 18.4 Å². The first-order valence-electron chi connectivity index (χ1n) is 9.18. The summed E-state index contributed by atoms with van der Waals surface area (Å²) in [6, 6.07) is 16.5. The smallest absolute Gasteiger partial charge is 0.337 e. The Morgan fingerprint density at radius 1 is 1.21 bits per heavy atom. The summed E-state index contributed by atoms with van der Waals surface area (Å²) in [5, 5.41) is 7.40. The van der Waals surface area contributed by atoms with Gasteiger partial charge < -0.3 is 13.9 Å². The average molecular weight is 409 g/mol. The summed E-state index contributed by atoms with van der Waals surface area (Å²) in [7, 11) is 1.36. The van der Waals surface area contributed by atoms with Gasteiger partial charge in [-0.1, -0.05) is 23.7 Å². The number of benzene rings is 2. The Bertz CT molecular complexity index is 1090. The lowest BCUT2D eigenvalue weighted by molar-refractivity contribution is -0.0190. The molecule has 0 saturated carbocycles. The maximum absolute atomic E-state index is 11.7. The summed E-state index contributed by atoms with van der Waals surface area (Å²) < 4.78 is 16.6. The van der Waals surface area contributed by atoms with Gasteiger partial charge in [-0.2, -0.15) is 5.10 Å². The number of hydrogen-bond acceptors (Lipinski definition) is 6. The lowest BCUT2D eigenvalue weighted by Gasteiger charge is -2.38. The molecule has 6 nitrogen and oxygen atoms in total. The number of furan rings is 1. The van der Waals surface area contributed by atoms with Crippen LogP contribution < -0.4 is 4.74 Å². The Kier molecular flexibility index (Phi) is 4.28. The van der Waals surface area contributed by atoms with E-state index in [2.05, 4.69) is 0 Å². The third-order valence-electron chi connectivity index (χ3n) is 5.17. The maximum Gasteiger partial charge on any atom is 0.337 e. The molecule has 0 unspecified atom stereocenters. The number of hydrazone groups is 1. The Hall–Kier alpha value is -3.25. The number of esters is 1. The third kappa shape index (κ3) is 3.06. The third-order valence-corrected chi connectivity index (χ3v) is 5.41. The molecule has 3 heterocycles. The van der Waals surface area contributed by atoms with E-state index >= 15 is 0 Å². The zero-order chi connectivity index (χ0) is 20.0. The van der Waals surface area contributed by atoms with Crippen molar-refractivity contribution >= 4 is 23.3 Å². The standard InChI is InChI=1S/C22H17ClN2O4/c1-27-22(26)14-6-4-13(5-7-14)21-25-18(12-17(24-25)20-3-2-10-28-20)16-11-15(23)8-9-19(16)29-21/h2-11,18,21H,12H2,1H3/t18-,21-/m0/s1. The summed E-state index contributed by atoms with van der Waals surface area (Å²) in [6.45, 7) is 0. The number of rotatable bonds is 3. The number of carbonyl (C=O) groups is 1. The van der Waals surface area contributed by atoms with Crippen molar-refractivity contribution in [3.8, 4) is 5.75 Å². The minimum Gasteiger partial charge on any atom is -0.465 e. The van der Waals surface area contributed by atoms with Gasteiger partial charge in [-0.15, -0.1) is 0 Å². The van der Waals surface area contributed by atoms with Crippen LogP contribution in [0.15, 0.2) is 70.4 Å². The molecule has 0 bridgehead atoms. The van der Waals surface area contributed by atoms with E-state index in [-0.39, 0.29) is 12.0 Å². The second-order valence-electron chi connectivity index (χ2n) is 6.89. The fraction of sp³-hybridized carbons (Fsp3) is 0.182. The molecule has 3 aromatic rings. The molecule has 2 aliphatic rings. The van der Waals surface area contributed by atoms with Crippen LogP contribution in [0.25, 0.3) is 0 Å². The molecule has 0 aliphatic carbocycles. The summed E-state index contributed by atoms with van der Waals surface area (Å²) in [4.78, 5) is 11.7. The van der Waals surface area contributed by atoms with E-state index in [0.717, 1.165) is 28.3 Å². The molecule has 0 fully saturated rings. The molecular weight excluding hydrogens is 392 g/mol. The van der Waals surface area contributed by atoms with Gasteiger partial charge in [0.25, 0.3) is 0 Å². The summed E-state index contributed by atoms with van der Waals surface area (Å²) >= 11 is 6.24. The molecule has 29 heavy (non-hydrogen) atoms. The predicted octanol–water partition coefficient (Wildman–Crippen LogP) is 4.96. The number of methoxy groups -OCH3 is 1. The zero-order valence-corrected chi connectivity index (χ0v) is 16.3. The zero-order valence-electron chi connectivity index (χ0n) is 15.5. The van der Waals surface area contributed by atoms with Crippen molar-refractivity contribution in [1.82, 2.24) is 5.01 Å². The average Bonchev–Trinajstić information content (AvgIpc) is 3.43. The van der Waals surface area contributed by atoms with Crippen molar-refractivity contribution in [1.29, 1.82) is 0 Å². The van der Waals surface area contributed by atoms with E-state index < -0.39 is 6.23 Å². The van der Waals surface area contributed by atoms with E-state index in [9.17, 15) is 4.79 Å². The Morgan fingerprint density at radius 2 is 2.03 bits per heavy atom. The molecule has 7 heteroatoms. The highest BCUT2D eigenvalue weighted by atomic mass is 35.5. The van der Waals surface area contributed by atoms with Gasteiger partial charge >= 0.3 is 5.97 Å². The van der Waals surface area contributed by atoms with Crippen LogP contribution in [0.1, 0.15) is 45.9 Å². The summed E-state index contributed by atoms with van der Waals surface area (Å²) in [5.41, 5.74) is 3.21. The molecule has 2 aliphatic heterocycles. The van der Waals surface area contributed by atoms with Gasteiger partial charge in [0.1, 0.15) is 17.2 Å². The second kappa shape index (κ2) is 6.97. The molecule has 0 spiro atoms. The van der Waals surface area contributed by atoms with Crippen LogP contribution in [0.4, 0.5) is 0 Å². The second-order valence-corrected chi connectivity index (χ2v) is 7.33. The maximum atomic E-state index is 11.7. The van der Waals surface area contributed by atoms with Crippen LogP contribution in [0, 0.1) is 0 Å². The number of fused-ring (bicyclic) bond motifs is 3. The monoisotopic (exact) mass is 408 g/mol. The molecule has 2 aromatic carbocycles. The molecule has 0 amide bonds. The summed E-state index contributed by atoms with van der Waals surface area (Å²) in [6.07, 6.45) is 1.88. The quantitative estimate of drug-likeness (QED) is 0.573. The molecule has 146 valence electrons. The van der Waals surface area contributed by atoms with E-state index in [1.807, 2.05) is 47.5 Å². The number of halogens is 1. The van der Waals surface area contributed by atoms with Crippen LogP contribution in [0.3, 0.4) is 0 Å². The van der Waals surface area contributed by atoms with Crippen LogP contribution >= 0.6 is 11.6 Å². The lowest BCUT2D eigenvalue weighted by atomic mass is 9.97. The molecule has 1 aromatic heterocycles. The highest BCUT2D eigenvalue weighted by molar-refractivity contribution is 6.30. The van der Waals surface area contributed by atoms with Crippen molar-refractivity contribution in [2.75, 3.05) is 7.11 Å². The minimum absolute atomic E-state index is 0.0252. The topological polar surface area (TPSA) is 64.3 Å². The van der Waals surface area contributed by atoms with E-state index in [4.69, 9.17) is 30.6 Å². The van der Waals surface area contributed by atoms with Gasteiger partial charge in [0.05, 0.1) is 25.0 Å². The predicted molar refractivity (Wildman–Crippen MR) is 107 cm³/mol. The number of hydrogen-bond donors (Lipinski definition) is 0. The molecule has 5 rings (SSSR count). The van der Waals surface area contributed by atoms with Gasteiger partial charge in [-0.05, 0) is 42.5 Å². The first-order valence-corrected chi connectivity index (χ1v) is 9.56. The highest BCUT2D eigenvalue weighted by Crippen LogP contribution is 2.48. The van der Waals surface area contributed by atoms with Gasteiger partial charge in [0, 0.05) is 22.6 Å². The Balaban J connectivity index is 1.56. The van der Waals surface area contributed by atoms with Crippen LogP contribution in [0.5, 0.6) is 5.75 Å². The normalized spacial score (nSPS) is 19.8. The van der Waals surface area contributed by atoms with Crippen LogP contribution in [-0.4, -0.2) is 23.8 Å². The fourth-order valence-corrected chi connectivity index (χ4v) is 3.95. The van der Waals surface area contributed by atoms with Crippen molar-refractivity contribution in [3.63, 3.8) is 0 Å². The van der Waals surface area contributed by atoms with Crippen molar-refractivity contribution in [3.05, 3.63) is 88.3 Å². The van der Waals surface area contributed by atoms with Crippen LogP contribution in [-0.2, 0) is 4.74 Å². The molecular formula is C22H17ClN2O4. The van der Waals surface area contributed by atoms with E-state index in [0.29, 0.717) is 17.0 Å². The number of nitrogens with zero attached hydrogens (tertiary/aromatic N) is 2. The molecule has 2 atom stereocenters. The fourth-order valence-electron chi connectivity index (χ4n) is 3.77. The van der Waals surface area contributed by atoms with Crippen molar-refractivity contribution < 1.29 is 18.7 Å². The minimum atomic E-state index is -0.437. The molecule has 0 N–H and O–H groups in total. The first-order chi connectivity index (χ1) is 14.1. The van der Waals surface area contributed by atoms with E-state index in [1.165, 1.54) is 7.11 Å². The largest absolute Gasteiger partial charge is 0.465 e. The first kappa shape index (κ1) is 17.8. The number of ether oxygens (including phenoxy) is 2. The molecule has 0 saturated heterocycles. The highest BCUT2D eigenvalue weighted by Gasteiger charge is 2.41. The Labute approximate surface area is 172 Å². The van der Waals surface area contributed by atoms with Gasteiger partial charge in [0.2, 0.25) is 6.23 Å². The SMILES string of the molecule is COC(=O)c1ccc([C@@H]2Oc3ccc(Cl)cc3[C@@H]3CC(c4ccco4)=NN32)cc1. The van der Waals surface area contributed by atoms with Crippen molar-refractivity contribution in [2.45, 2.75) is 18.7 Å². The lowest BCUT2D eigenvalue weighted by Crippen LogP contribution is -2.33. The summed E-state index contributed by atoms with van der Waals surface area (Å²) in [5.74, 6) is 1.13.